The molecule has 0 bridgehead atoms. The summed E-state index contributed by atoms with van der Waals surface area (Å²) in [6, 6.07) is 3.98. The van der Waals surface area contributed by atoms with Crippen LogP contribution in [0.25, 0.3) is 0 Å². The fourth-order valence-corrected chi connectivity index (χ4v) is 1.23. The Balaban J connectivity index is 2.43. The quantitative estimate of drug-likeness (QED) is 0.873. The van der Waals surface area contributed by atoms with Crippen molar-refractivity contribution in [3.63, 3.8) is 0 Å². The van der Waals surface area contributed by atoms with Gasteiger partial charge in [0.15, 0.2) is 0 Å². The maximum atomic E-state index is 5.69. The van der Waals surface area contributed by atoms with Crippen molar-refractivity contribution in [2.75, 3.05) is 0 Å². The predicted molar refractivity (Wildman–Crippen MR) is 69.8 cm³/mol. The lowest BCUT2D eigenvalue weighted by Gasteiger charge is -2.19. The van der Waals surface area contributed by atoms with Crippen molar-refractivity contribution in [1.29, 1.82) is 0 Å². The van der Waals surface area contributed by atoms with Crippen LogP contribution < -0.4 is 5.32 Å². The molecule has 0 aromatic carbocycles. The molecule has 0 saturated heterocycles. The van der Waals surface area contributed by atoms with E-state index < -0.39 is 0 Å². The van der Waals surface area contributed by atoms with E-state index in [1.54, 1.807) is 0 Å². The van der Waals surface area contributed by atoms with Gasteiger partial charge in [0.1, 0.15) is 18.1 Å². The molecule has 0 unspecified atom stereocenters. The monoisotopic (exact) mass is 239 g/mol. The number of ether oxygens (including phenoxy) is 1. The summed E-state index contributed by atoms with van der Waals surface area (Å²) in [4.78, 5) is 0. The first kappa shape index (κ1) is 14.3. The Bertz CT molecular complexity index is 309. The highest BCUT2D eigenvalue weighted by molar-refractivity contribution is 5.06. The van der Waals surface area contributed by atoms with Crippen LogP contribution in [0.4, 0.5) is 0 Å². The third-order valence-electron chi connectivity index (χ3n) is 2.16. The molecule has 0 atom stereocenters. The minimum absolute atomic E-state index is 0.106. The largest absolute Gasteiger partial charge is 0.462 e. The van der Waals surface area contributed by atoms with E-state index in [1.165, 1.54) is 0 Å². The van der Waals surface area contributed by atoms with Gasteiger partial charge in [-0.15, -0.1) is 0 Å². The van der Waals surface area contributed by atoms with Crippen molar-refractivity contribution in [1.82, 2.24) is 5.32 Å². The van der Waals surface area contributed by atoms with Gasteiger partial charge in [-0.25, -0.2) is 0 Å². The lowest BCUT2D eigenvalue weighted by Crippen LogP contribution is -2.34. The van der Waals surface area contributed by atoms with Gasteiger partial charge in [0, 0.05) is 5.54 Å². The van der Waals surface area contributed by atoms with Crippen LogP contribution in [-0.4, -0.2) is 11.1 Å². The van der Waals surface area contributed by atoms with Crippen LogP contribution in [0.1, 0.15) is 53.1 Å². The highest BCUT2D eigenvalue weighted by Gasteiger charge is 2.13. The van der Waals surface area contributed by atoms with Gasteiger partial charge in [-0.05, 0) is 53.7 Å². The first-order chi connectivity index (χ1) is 7.66. The summed E-state index contributed by atoms with van der Waals surface area (Å²) < 4.78 is 11.3. The maximum absolute atomic E-state index is 5.69. The van der Waals surface area contributed by atoms with Crippen molar-refractivity contribution in [2.24, 2.45) is 0 Å². The maximum Gasteiger partial charge on any atom is 0.129 e. The third kappa shape index (κ3) is 6.49. The van der Waals surface area contributed by atoms with E-state index >= 15 is 0 Å². The molecule has 0 aliphatic carbocycles. The zero-order valence-corrected chi connectivity index (χ0v) is 11.9. The van der Waals surface area contributed by atoms with E-state index in [9.17, 15) is 0 Å². The molecule has 0 saturated carbocycles. The van der Waals surface area contributed by atoms with Crippen molar-refractivity contribution in [2.45, 2.75) is 65.8 Å². The molecule has 0 radical (unpaired) electrons. The van der Waals surface area contributed by atoms with E-state index in [2.05, 4.69) is 26.1 Å². The molecule has 3 nitrogen and oxygen atoms in total. The Morgan fingerprint density at radius 2 is 1.65 bits per heavy atom. The molecular formula is C14H25NO2. The van der Waals surface area contributed by atoms with Gasteiger partial charge in [0.05, 0.1) is 12.1 Å². The highest BCUT2D eigenvalue weighted by atomic mass is 16.5. The molecule has 1 rings (SSSR count). The lowest BCUT2D eigenvalue weighted by atomic mass is 10.1. The predicted octanol–water partition coefficient (Wildman–Crippen LogP) is 3.48. The van der Waals surface area contributed by atoms with Crippen LogP contribution in [-0.2, 0) is 17.9 Å². The Hall–Kier alpha value is -0.800. The molecule has 0 amide bonds. The summed E-state index contributed by atoms with van der Waals surface area (Å²) in [5, 5.41) is 3.39. The van der Waals surface area contributed by atoms with Gasteiger partial charge in [-0.3, -0.25) is 0 Å². The molecule has 0 fully saturated rings. The second-order valence-electron chi connectivity index (χ2n) is 6.37. The third-order valence-corrected chi connectivity index (χ3v) is 2.16. The number of hydrogen-bond acceptors (Lipinski definition) is 3. The Kier molecular flexibility index (Phi) is 4.39. The zero-order chi connectivity index (χ0) is 13.1. The summed E-state index contributed by atoms with van der Waals surface area (Å²) in [5.41, 5.74) is -0.0223. The summed E-state index contributed by atoms with van der Waals surface area (Å²) >= 11 is 0. The van der Waals surface area contributed by atoms with Crippen LogP contribution in [0, 0.1) is 0 Å². The SMILES string of the molecule is CC(C)(C)NCc1ccc(COC(C)(C)C)o1. The zero-order valence-electron chi connectivity index (χ0n) is 11.9. The van der Waals surface area contributed by atoms with Gasteiger partial charge in [0.2, 0.25) is 0 Å². The molecule has 0 aliphatic rings. The lowest BCUT2D eigenvalue weighted by molar-refractivity contribution is -0.0227. The molecule has 1 N–H and O–H groups in total. The van der Waals surface area contributed by atoms with Crippen molar-refractivity contribution < 1.29 is 9.15 Å². The summed E-state index contributed by atoms with van der Waals surface area (Å²) in [7, 11) is 0. The van der Waals surface area contributed by atoms with E-state index in [4.69, 9.17) is 9.15 Å². The van der Waals surface area contributed by atoms with Crippen molar-refractivity contribution in [3.05, 3.63) is 23.7 Å². The minimum Gasteiger partial charge on any atom is -0.462 e. The van der Waals surface area contributed by atoms with Gasteiger partial charge >= 0.3 is 0 Å². The average molecular weight is 239 g/mol. The van der Waals surface area contributed by atoms with Crippen LogP contribution in [0.2, 0.25) is 0 Å². The summed E-state index contributed by atoms with van der Waals surface area (Å²) in [5.74, 6) is 1.83. The minimum atomic E-state index is -0.128. The molecule has 1 aromatic rings. The Morgan fingerprint density at radius 1 is 1.06 bits per heavy atom. The van der Waals surface area contributed by atoms with E-state index in [0.29, 0.717) is 6.61 Å². The second kappa shape index (κ2) is 5.23. The molecule has 1 heterocycles. The fraction of sp³-hybridized carbons (Fsp3) is 0.714. The molecule has 17 heavy (non-hydrogen) atoms. The van der Waals surface area contributed by atoms with Gasteiger partial charge in [-0.2, -0.15) is 0 Å². The van der Waals surface area contributed by atoms with Crippen LogP contribution in [0.3, 0.4) is 0 Å². The van der Waals surface area contributed by atoms with E-state index in [1.807, 2.05) is 32.9 Å². The standard InChI is InChI=1S/C14H25NO2/c1-13(2,3)15-9-11-7-8-12(17-11)10-16-14(4,5)6/h7-8,15H,9-10H2,1-6H3. The van der Waals surface area contributed by atoms with Crippen LogP contribution in [0.15, 0.2) is 16.5 Å². The van der Waals surface area contributed by atoms with Gasteiger partial charge in [-0.1, -0.05) is 0 Å². The van der Waals surface area contributed by atoms with Crippen LogP contribution in [0.5, 0.6) is 0 Å². The first-order valence-electron chi connectivity index (χ1n) is 6.12. The number of rotatable bonds is 4. The first-order valence-corrected chi connectivity index (χ1v) is 6.12. The molecule has 98 valence electrons. The summed E-state index contributed by atoms with van der Waals surface area (Å²) in [6.45, 7) is 13.8. The normalized spacial score (nSPS) is 13.1. The molecular weight excluding hydrogens is 214 g/mol. The topological polar surface area (TPSA) is 34.4 Å². The Morgan fingerprint density at radius 3 is 2.18 bits per heavy atom. The number of furan rings is 1. The fourth-order valence-electron chi connectivity index (χ4n) is 1.23. The molecule has 3 heteroatoms. The van der Waals surface area contributed by atoms with Gasteiger partial charge < -0.3 is 14.5 Å². The van der Waals surface area contributed by atoms with Crippen LogP contribution >= 0.6 is 0 Å². The smallest absolute Gasteiger partial charge is 0.129 e. The second-order valence-corrected chi connectivity index (χ2v) is 6.37. The van der Waals surface area contributed by atoms with E-state index in [0.717, 1.165) is 18.1 Å². The highest BCUT2D eigenvalue weighted by Crippen LogP contribution is 2.15. The van der Waals surface area contributed by atoms with Crippen molar-refractivity contribution in [3.8, 4) is 0 Å². The molecule has 0 aliphatic heterocycles. The molecule has 1 aromatic heterocycles. The van der Waals surface area contributed by atoms with Crippen molar-refractivity contribution >= 4 is 0 Å². The van der Waals surface area contributed by atoms with E-state index in [-0.39, 0.29) is 11.1 Å². The Labute approximate surface area is 105 Å². The van der Waals surface area contributed by atoms with Gasteiger partial charge in [0.25, 0.3) is 0 Å². The molecule has 0 spiro atoms. The number of hydrogen-bond donors (Lipinski definition) is 1. The number of nitrogens with one attached hydrogen (secondary N) is 1. The summed E-state index contributed by atoms with van der Waals surface area (Å²) in [6.07, 6.45) is 0. The average Bonchev–Trinajstić information content (AvgIpc) is 2.57.